The van der Waals surface area contributed by atoms with E-state index in [1.807, 2.05) is 0 Å². The van der Waals surface area contributed by atoms with Gasteiger partial charge in [-0.15, -0.1) is 11.3 Å². The van der Waals surface area contributed by atoms with Crippen LogP contribution < -0.4 is 0 Å². The maximum Gasteiger partial charge on any atom is 0.433 e. The van der Waals surface area contributed by atoms with Crippen molar-refractivity contribution in [2.75, 3.05) is 0 Å². The van der Waals surface area contributed by atoms with Crippen molar-refractivity contribution in [2.45, 2.75) is 6.18 Å². The number of benzene rings is 1. The standard InChI is InChI=1S/C17H8Cl2F3N3S/c18-10-4-3-9(6-11(10)19)12-8-16-23-13(14-2-1-5-26-14)7-15(17(20,21)22)25(16)24-12/h1-8H. The summed E-state index contributed by atoms with van der Waals surface area (Å²) in [6.07, 6.45) is -4.58. The molecule has 0 saturated heterocycles. The van der Waals surface area contributed by atoms with Gasteiger partial charge in [-0.25, -0.2) is 9.50 Å². The number of fused-ring (bicyclic) bond motifs is 1. The largest absolute Gasteiger partial charge is 0.433 e. The zero-order valence-corrected chi connectivity index (χ0v) is 15.1. The molecule has 0 N–H and O–H groups in total. The fraction of sp³-hybridized carbons (Fsp3) is 0.0588. The van der Waals surface area contributed by atoms with Crippen LogP contribution in [0.5, 0.6) is 0 Å². The van der Waals surface area contributed by atoms with Crippen LogP contribution >= 0.6 is 34.5 Å². The summed E-state index contributed by atoms with van der Waals surface area (Å²) >= 11 is 13.2. The van der Waals surface area contributed by atoms with Gasteiger partial charge in [-0.2, -0.15) is 18.3 Å². The fourth-order valence-electron chi connectivity index (χ4n) is 2.52. The van der Waals surface area contributed by atoms with E-state index < -0.39 is 11.9 Å². The molecule has 3 heterocycles. The first-order valence-electron chi connectivity index (χ1n) is 7.30. The van der Waals surface area contributed by atoms with E-state index in [0.717, 1.165) is 10.6 Å². The molecular weight excluding hydrogens is 406 g/mol. The first-order valence-corrected chi connectivity index (χ1v) is 8.94. The molecule has 0 saturated carbocycles. The first kappa shape index (κ1) is 17.3. The van der Waals surface area contributed by atoms with E-state index in [-0.39, 0.29) is 11.3 Å². The number of aromatic nitrogens is 3. The van der Waals surface area contributed by atoms with Gasteiger partial charge >= 0.3 is 6.18 Å². The minimum atomic E-state index is -4.58. The topological polar surface area (TPSA) is 30.2 Å². The number of halogens is 5. The second-order valence-electron chi connectivity index (χ2n) is 5.43. The summed E-state index contributed by atoms with van der Waals surface area (Å²) in [6.45, 7) is 0. The van der Waals surface area contributed by atoms with Crippen LogP contribution in [0.4, 0.5) is 13.2 Å². The lowest BCUT2D eigenvalue weighted by molar-refractivity contribution is -0.142. The van der Waals surface area contributed by atoms with E-state index in [2.05, 4.69) is 10.1 Å². The van der Waals surface area contributed by atoms with Gasteiger partial charge in [0.1, 0.15) is 0 Å². The van der Waals surface area contributed by atoms with Crippen LogP contribution in [0.1, 0.15) is 5.69 Å². The van der Waals surface area contributed by atoms with E-state index >= 15 is 0 Å². The maximum absolute atomic E-state index is 13.5. The Morgan fingerprint density at radius 1 is 0.962 bits per heavy atom. The quantitative estimate of drug-likeness (QED) is 0.377. The van der Waals surface area contributed by atoms with Gasteiger partial charge in [-0.3, -0.25) is 0 Å². The van der Waals surface area contributed by atoms with Gasteiger partial charge in [0, 0.05) is 11.6 Å². The lowest BCUT2D eigenvalue weighted by Gasteiger charge is -2.10. The summed E-state index contributed by atoms with van der Waals surface area (Å²) in [4.78, 5) is 4.98. The highest BCUT2D eigenvalue weighted by atomic mass is 35.5. The van der Waals surface area contributed by atoms with Gasteiger partial charge in [-0.05, 0) is 29.6 Å². The number of hydrogen-bond donors (Lipinski definition) is 0. The third-order valence-electron chi connectivity index (χ3n) is 3.71. The fourth-order valence-corrected chi connectivity index (χ4v) is 3.51. The van der Waals surface area contributed by atoms with Crippen molar-refractivity contribution in [3.05, 3.63) is 63.6 Å². The van der Waals surface area contributed by atoms with Crippen molar-refractivity contribution in [2.24, 2.45) is 0 Å². The Labute approximate surface area is 159 Å². The van der Waals surface area contributed by atoms with Crippen LogP contribution in [0.25, 0.3) is 27.5 Å². The van der Waals surface area contributed by atoms with E-state index in [4.69, 9.17) is 23.2 Å². The van der Waals surface area contributed by atoms with E-state index in [1.54, 1.807) is 35.7 Å². The highest BCUT2D eigenvalue weighted by Gasteiger charge is 2.35. The molecule has 0 bridgehead atoms. The summed E-state index contributed by atoms with van der Waals surface area (Å²) in [7, 11) is 0. The Kier molecular flexibility index (Phi) is 4.17. The molecule has 132 valence electrons. The molecule has 0 spiro atoms. The Bertz CT molecular complexity index is 1100. The lowest BCUT2D eigenvalue weighted by atomic mass is 10.1. The van der Waals surface area contributed by atoms with Crippen LogP contribution in [-0.2, 0) is 6.18 Å². The predicted molar refractivity (Wildman–Crippen MR) is 96.8 cm³/mol. The van der Waals surface area contributed by atoms with Crippen molar-refractivity contribution >= 4 is 40.2 Å². The Morgan fingerprint density at radius 3 is 2.42 bits per heavy atom. The van der Waals surface area contributed by atoms with Crippen LogP contribution in [0.15, 0.2) is 47.8 Å². The summed E-state index contributed by atoms with van der Waals surface area (Å²) < 4.78 is 41.4. The summed E-state index contributed by atoms with van der Waals surface area (Å²) in [5, 5.41) is 6.51. The Balaban J connectivity index is 1.95. The van der Waals surface area contributed by atoms with Gasteiger partial charge in [0.05, 0.1) is 26.3 Å². The zero-order valence-electron chi connectivity index (χ0n) is 12.8. The summed E-state index contributed by atoms with van der Waals surface area (Å²) in [5.41, 5.74) is 0.336. The molecule has 4 rings (SSSR count). The number of hydrogen-bond acceptors (Lipinski definition) is 3. The van der Waals surface area contributed by atoms with Crippen molar-refractivity contribution in [3.8, 4) is 21.8 Å². The highest BCUT2D eigenvalue weighted by molar-refractivity contribution is 7.13. The normalized spacial score (nSPS) is 12.0. The molecule has 9 heteroatoms. The number of thiophene rings is 1. The van der Waals surface area contributed by atoms with Gasteiger partial charge in [-0.1, -0.05) is 35.3 Å². The summed E-state index contributed by atoms with van der Waals surface area (Å²) in [5.74, 6) is 0. The van der Waals surface area contributed by atoms with Crippen molar-refractivity contribution in [3.63, 3.8) is 0 Å². The predicted octanol–water partition coefficient (Wildman–Crippen LogP) is 6.45. The second kappa shape index (κ2) is 6.26. The monoisotopic (exact) mass is 413 g/mol. The molecule has 0 unspecified atom stereocenters. The molecule has 4 aromatic rings. The van der Waals surface area contributed by atoms with Crippen LogP contribution in [0, 0.1) is 0 Å². The molecule has 0 aliphatic rings. The Morgan fingerprint density at radius 2 is 1.77 bits per heavy atom. The third-order valence-corrected chi connectivity index (χ3v) is 5.34. The van der Waals surface area contributed by atoms with Crippen molar-refractivity contribution < 1.29 is 13.2 Å². The third kappa shape index (κ3) is 3.06. The SMILES string of the molecule is FC(F)(F)c1cc(-c2cccs2)nc2cc(-c3ccc(Cl)c(Cl)c3)nn12. The van der Waals surface area contributed by atoms with E-state index in [1.165, 1.54) is 17.4 Å². The van der Waals surface area contributed by atoms with Gasteiger partial charge < -0.3 is 0 Å². The number of nitrogens with zero attached hydrogens (tertiary/aromatic N) is 3. The van der Waals surface area contributed by atoms with Gasteiger partial charge in [0.25, 0.3) is 0 Å². The summed E-state index contributed by atoms with van der Waals surface area (Å²) in [6, 6.07) is 10.7. The molecule has 0 aliphatic heterocycles. The van der Waals surface area contributed by atoms with Crippen LogP contribution in [-0.4, -0.2) is 14.6 Å². The molecule has 3 aromatic heterocycles. The average molecular weight is 414 g/mol. The molecule has 0 radical (unpaired) electrons. The minimum absolute atomic E-state index is 0.101. The zero-order chi connectivity index (χ0) is 18.5. The second-order valence-corrected chi connectivity index (χ2v) is 7.19. The van der Waals surface area contributed by atoms with Gasteiger partial charge in [0.2, 0.25) is 0 Å². The first-order chi connectivity index (χ1) is 12.3. The molecule has 0 amide bonds. The van der Waals surface area contributed by atoms with E-state index in [0.29, 0.717) is 26.2 Å². The average Bonchev–Trinajstić information content (AvgIpc) is 3.24. The molecule has 26 heavy (non-hydrogen) atoms. The van der Waals surface area contributed by atoms with Gasteiger partial charge in [0.15, 0.2) is 11.3 Å². The maximum atomic E-state index is 13.5. The minimum Gasteiger partial charge on any atom is -0.228 e. The van der Waals surface area contributed by atoms with Crippen molar-refractivity contribution in [1.82, 2.24) is 14.6 Å². The number of rotatable bonds is 2. The molecule has 0 fully saturated rings. The lowest BCUT2D eigenvalue weighted by Crippen LogP contribution is -2.13. The molecule has 3 nitrogen and oxygen atoms in total. The molecular formula is C17H8Cl2F3N3S. The molecule has 1 aromatic carbocycles. The van der Waals surface area contributed by atoms with Crippen molar-refractivity contribution in [1.29, 1.82) is 0 Å². The Hall–Kier alpha value is -2.09. The molecule has 0 atom stereocenters. The van der Waals surface area contributed by atoms with E-state index in [9.17, 15) is 13.2 Å². The number of alkyl halides is 3. The highest BCUT2D eigenvalue weighted by Crippen LogP contribution is 2.35. The smallest absolute Gasteiger partial charge is 0.228 e. The van der Waals surface area contributed by atoms with Crippen LogP contribution in [0.3, 0.4) is 0 Å². The van der Waals surface area contributed by atoms with Crippen LogP contribution in [0.2, 0.25) is 10.0 Å². The molecule has 0 aliphatic carbocycles.